The van der Waals surface area contributed by atoms with Gasteiger partial charge in [0.15, 0.2) is 5.82 Å². The molecule has 1 aliphatic rings. The number of anilines is 2. The van der Waals surface area contributed by atoms with Gasteiger partial charge in [-0.2, -0.15) is 0 Å². The molecule has 1 fully saturated rings. The highest BCUT2D eigenvalue weighted by Gasteiger charge is 2.41. The number of halogens is 1. The maximum absolute atomic E-state index is 13.6. The molecular formula is C28H27FN6O3. The lowest BCUT2D eigenvalue weighted by atomic mass is 9.91. The third-order valence-corrected chi connectivity index (χ3v) is 6.07. The molecule has 194 valence electrons. The molecule has 0 atom stereocenters. The van der Waals surface area contributed by atoms with E-state index in [0.29, 0.717) is 46.7 Å². The van der Waals surface area contributed by atoms with Gasteiger partial charge in [0, 0.05) is 24.0 Å². The molecule has 2 aromatic carbocycles. The van der Waals surface area contributed by atoms with Gasteiger partial charge in [-0.05, 0) is 49.4 Å². The highest BCUT2D eigenvalue weighted by atomic mass is 19.1. The van der Waals surface area contributed by atoms with Crippen LogP contribution in [0.1, 0.15) is 19.0 Å². The minimum atomic E-state index is -0.889. The van der Waals surface area contributed by atoms with E-state index >= 15 is 0 Å². The fraction of sp³-hybridized carbons (Fsp3) is 0.214. The number of hydrogen-bond donors (Lipinski definition) is 3. The average Bonchev–Trinajstić information content (AvgIpc) is 3.39. The summed E-state index contributed by atoms with van der Waals surface area (Å²) < 4.78 is 25.6. The summed E-state index contributed by atoms with van der Waals surface area (Å²) in [4.78, 5) is 29.8. The average molecular weight is 515 g/mol. The first-order valence-electron chi connectivity index (χ1n) is 12.1. The Labute approximate surface area is 219 Å². The van der Waals surface area contributed by atoms with E-state index in [2.05, 4.69) is 32.2 Å². The summed E-state index contributed by atoms with van der Waals surface area (Å²) in [5.74, 6) is 0.281. The quantitative estimate of drug-likeness (QED) is 0.285. The molecule has 0 spiro atoms. The number of benzene rings is 2. The van der Waals surface area contributed by atoms with Gasteiger partial charge in [-0.25, -0.2) is 19.3 Å². The Morgan fingerprint density at radius 1 is 1.13 bits per heavy atom. The summed E-state index contributed by atoms with van der Waals surface area (Å²) in [5, 5.41) is 5.97. The Kier molecular flexibility index (Phi) is 7.25. The van der Waals surface area contributed by atoms with Crippen molar-refractivity contribution in [3.63, 3.8) is 0 Å². The van der Waals surface area contributed by atoms with Crippen LogP contribution in [0.5, 0.6) is 0 Å². The maximum atomic E-state index is 13.6. The number of aromatic nitrogens is 4. The van der Waals surface area contributed by atoms with Crippen molar-refractivity contribution in [3.05, 3.63) is 91.2 Å². The lowest BCUT2D eigenvalue weighted by molar-refractivity contribution is -0.229. The predicted octanol–water partition coefficient (Wildman–Crippen LogP) is 4.96. The van der Waals surface area contributed by atoms with Gasteiger partial charge >= 0.3 is 0 Å². The number of para-hydroxylation sites is 1. The Morgan fingerprint density at radius 3 is 2.58 bits per heavy atom. The molecule has 10 heteroatoms. The Hall–Kier alpha value is -4.41. The fourth-order valence-electron chi connectivity index (χ4n) is 3.95. The number of rotatable bonds is 8. The van der Waals surface area contributed by atoms with Gasteiger partial charge < -0.3 is 25.1 Å². The molecule has 5 rings (SSSR count). The summed E-state index contributed by atoms with van der Waals surface area (Å²) in [5.41, 5.74) is 2.22. The zero-order chi connectivity index (χ0) is 26.5. The molecule has 1 aliphatic heterocycles. The van der Waals surface area contributed by atoms with E-state index < -0.39 is 11.7 Å². The minimum absolute atomic E-state index is 0.126. The van der Waals surface area contributed by atoms with Crippen molar-refractivity contribution in [3.8, 4) is 22.6 Å². The summed E-state index contributed by atoms with van der Waals surface area (Å²) in [6.45, 7) is 6.24. The van der Waals surface area contributed by atoms with E-state index in [0.717, 1.165) is 0 Å². The van der Waals surface area contributed by atoms with Crippen LogP contribution in [-0.4, -0.2) is 45.6 Å². The number of amides is 1. The first-order valence-corrected chi connectivity index (χ1v) is 12.1. The van der Waals surface area contributed by atoms with Gasteiger partial charge in [-0.15, -0.1) is 6.58 Å². The molecule has 38 heavy (non-hydrogen) atoms. The van der Waals surface area contributed by atoms with Crippen LogP contribution in [0, 0.1) is 11.2 Å². The molecule has 0 aliphatic carbocycles. The number of carbonyl (C=O) groups is 1. The molecule has 1 amide bonds. The second kappa shape index (κ2) is 10.9. The van der Waals surface area contributed by atoms with Crippen LogP contribution >= 0.6 is 0 Å². The highest BCUT2D eigenvalue weighted by Crippen LogP contribution is 2.36. The van der Waals surface area contributed by atoms with Crippen LogP contribution in [-0.2, 0) is 14.3 Å². The molecule has 0 bridgehead atoms. The number of imidazole rings is 1. The third kappa shape index (κ3) is 5.46. The van der Waals surface area contributed by atoms with Gasteiger partial charge in [0.05, 0.1) is 35.7 Å². The molecule has 3 heterocycles. The molecule has 4 aromatic rings. The van der Waals surface area contributed by atoms with Crippen molar-refractivity contribution >= 4 is 17.5 Å². The Bertz CT molecular complexity index is 1420. The molecule has 0 unspecified atom stereocenters. The SMILES string of the molecule is C=CCNc1nccc(-c2[nH]c(C3OCC(C)(C(=O)Nc4ccccc4)CO3)nc2-c2ccc(F)cc2)n1. The number of carbonyl (C=O) groups excluding carboxylic acids is 1. The van der Waals surface area contributed by atoms with Crippen molar-refractivity contribution in [1.82, 2.24) is 19.9 Å². The van der Waals surface area contributed by atoms with Crippen LogP contribution in [0.15, 0.2) is 79.5 Å². The second-order valence-electron chi connectivity index (χ2n) is 9.12. The number of nitrogens with one attached hydrogen (secondary N) is 3. The van der Waals surface area contributed by atoms with Crippen LogP contribution in [0.3, 0.4) is 0 Å². The number of hydrogen-bond acceptors (Lipinski definition) is 7. The maximum Gasteiger partial charge on any atom is 0.234 e. The molecule has 3 N–H and O–H groups in total. The molecule has 1 saturated heterocycles. The number of nitrogens with zero attached hydrogens (tertiary/aromatic N) is 3. The molecular weight excluding hydrogens is 487 g/mol. The normalized spacial score (nSPS) is 19.1. The summed E-state index contributed by atoms with van der Waals surface area (Å²) >= 11 is 0. The second-order valence-corrected chi connectivity index (χ2v) is 9.12. The van der Waals surface area contributed by atoms with E-state index in [4.69, 9.17) is 14.5 Å². The van der Waals surface area contributed by atoms with Gasteiger partial charge in [0.25, 0.3) is 0 Å². The smallest absolute Gasteiger partial charge is 0.234 e. The lowest BCUT2D eigenvalue weighted by Gasteiger charge is -2.35. The largest absolute Gasteiger partial charge is 0.351 e. The lowest BCUT2D eigenvalue weighted by Crippen LogP contribution is -2.45. The minimum Gasteiger partial charge on any atom is -0.351 e. The van der Waals surface area contributed by atoms with Crippen molar-refractivity contribution < 1.29 is 18.7 Å². The van der Waals surface area contributed by atoms with E-state index in [1.807, 2.05) is 30.3 Å². The zero-order valence-electron chi connectivity index (χ0n) is 20.8. The molecule has 9 nitrogen and oxygen atoms in total. The summed E-state index contributed by atoms with van der Waals surface area (Å²) in [6, 6.07) is 17.0. The Morgan fingerprint density at radius 2 is 1.87 bits per heavy atom. The molecule has 0 saturated carbocycles. The third-order valence-electron chi connectivity index (χ3n) is 6.07. The van der Waals surface area contributed by atoms with Crippen LogP contribution in [0.4, 0.5) is 16.0 Å². The van der Waals surface area contributed by atoms with Crippen molar-refractivity contribution in [1.29, 1.82) is 0 Å². The number of aromatic amines is 1. The van der Waals surface area contributed by atoms with Gasteiger partial charge in [0.1, 0.15) is 5.82 Å². The van der Waals surface area contributed by atoms with E-state index in [9.17, 15) is 9.18 Å². The topological polar surface area (TPSA) is 114 Å². The van der Waals surface area contributed by atoms with Crippen LogP contribution in [0.25, 0.3) is 22.6 Å². The van der Waals surface area contributed by atoms with Crippen molar-refractivity contribution in [2.24, 2.45) is 5.41 Å². The number of ether oxygens (including phenoxy) is 2. The van der Waals surface area contributed by atoms with E-state index in [-0.39, 0.29) is 24.9 Å². The summed E-state index contributed by atoms with van der Waals surface area (Å²) in [7, 11) is 0. The number of H-pyrrole nitrogens is 1. The first kappa shape index (κ1) is 25.2. The van der Waals surface area contributed by atoms with Crippen molar-refractivity contribution in [2.75, 3.05) is 30.4 Å². The van der Waals surface area contributed by atoms with Crippen molar-refractivity contribution in [2.45, 2.75) is 13.2 Å². The van der Waals surface area contributed by atoms with E-state index in [1.54, 1.807) is 37.4 Å². The van der Waals surface area contributed by atoms with Gasteiger partial charge in [-0.1, -0.05) is 24.3 Å². The molecule has 2 aromatic heterocycles. The first-order chi connectivity index (χ1) is 18.4. The standard InChI is InChI=1S/C28H27FN6O3/c1-3-14-30-27-31-15-13-21(33-27)23-22(18-9-11-19(29)12-10-18)34-24(35-23)25-37-16-28(2,17-38-25)26(36)32-20-7-5-4-6-8-20/h3-13,15,25H,1,14,16-17H2,2H3,(H,32,36)(H,34,35)(H,30,31,33). The highest BCUT2D eigenvalue weighted by molar-refractivity contribution is 5.95. The summed E-state index contributed by atoms with van der Waals surface area (Å²) in [6.07, 6.45) is 2.51. The van der Waals surface area contributed by atoms with E-state index in [1.165, 1.54) is 12.1 Å². The Balaban J connectivity index is 1.40. The zero-order valence-corrected chi connectivity index (χ0v) is 20.8. The van der Waals surface area contributed by atoms with Crippen LogP contribution in [0.2, 0.25) is 0 Å². The van der Waals surface area contributed by atoms with Gasteiger partial charge in [0.2, 0.25) is 18.1 Å². The van der Waals surface area contributed by atoms with Gasteiger partial charge in [-0.3, -0.25) is 4.79 Å². The van der Waals surface area contributed by atoms with Crippen LogP contribution < -0.4 is 10.6 Å². The monoisotopic (exact) mass is 514 g/mol. The fourth-order valence-corrected chi connectivity index (χ4v) is 3.95. The molecule has 0 radical (unpaired) electrons. The predicted molar refractivity (Wildman–Crippen MR) is 142 cm³/mol.